The van der Waals surface area contributed by atoms with Crippen LogP contribution in [-0.2, 0) is 10.9 Å². The van der Waals surface area contributed by atoms with Gasteiger partial charge in [-0.1, -0.05) is 24.8 Å². The van der Waals surface area contributed by atoms with Crippen LogP contribution in [0.3, 0.4) is 0 Å². The average Bonchev–Trinajstić information content (AvgIpc) is 2.68. The van der Waals surface area contributed by atoms with Crippen LogP contribution in [0.4, 0.5) is 29.3 Å². The van der Waals surface area contributed by atoms with Gasteiger partial charge in [-0.25, -0.2) is 4.79 Å². The standard InChI is InChI=1S/C20H20F3N3O2/c1-14(26-9-11-28-12-10-26)15-5-7-17(8-6-15)24-19(27)25-18-4-2-3-16(13-18)20(21,22)23/h2-8,13H,1,9-12H2,(H2,24,25,27). The van der Waals surface area contributed by atoms with Crippen molar-refractivity contribution in [2.45, 2.75) is 6.18 Å². The van der Waals surface area contributed by atoms with Crippen LogP contribution in [0, 0.1) is 0 Å². The van der Waals surface area contributed by atoms with Gasteiger partial charge in [0.1, 0.15) is 0 Å². The summed E-state index contributed by atoms with van der Waals surface area (Å²) < 4.78 is 43.6. The minimum Gasteiger partial charge on any atom is -0.378 e. The Morgan fingerprint density at radius 3 is 2.29 bits per heavy atom. The molecule has 0 aliphatic carbocycles. The lowest BCUT2D eigenvalue weighted by molar-refractivity contribution is -0.137. The van der Waals surface area contributed by atoms with Crippen molar-refractivity contribution in [2.24, 2.45) is 0 Å². The third kappa shape index (κ3) is 5.04. The summed E-state index contributed by atoms with van der Waals surface area (Å²) in [4.78, 5) is 14.2. The zero-order chi connectivity index (χ0) is 20.1. The molecule has 2 N–H and O–H groups in total. The fraction of sp³-hybridized carbons (Fsp3) is 0.250. The van der Waals surface area contributed by atoms with Crippen LogP contribution < -0.4 is 10.6 Å². The van der Waals surface area contributed by atoms with Crippen molar-refractivity contribution < 1.29 is 22.7 Å². The Morgan fingerprint density at radius 2 is 1.64 bits per heavy atom. The van der Waals surface area contributed by atoms with E-state index in [2.05, 4.69) is 22.1 Å². The van der Waals surface area contributed by atoms with Crippen molar-refractivity contribution in [3.63, 3.8) is 0 Å². The molecule has 1 aliphatic rings. The van der Waals surface area contributed by atoms with E-state index >= 15 is 0 Å². The van der Waals surface area contributed by atoms with Crippen molar-refractivity contribution in [3.8, 4) is 0 Å². The third-order valence-corrected chi connectivity index (χ3v) is 4.32. The quantitative estimate of drug-likeness (QED) is 0.798. The average molecular weight is 391 g/mol. The topological polar surface area (TPSA) is 53.6 Å². The van der Waals surface area contributed by atoms with Gasteiger partial charge in [-0.3, -0.25) is 0 Å². The van der Waals surface area contributed by atoms with E-state index in [0.29, 0.717) is 18.9 Å². The van der Waals surface area contributed by atoms with Crippen LogP contribution >= 0.6 is 0 Å². The highest BCUT2D eigenvalue weighted by molar-refractivity contribution is 5.99. The second-order valence-corrected chi connectivity index (χ2v) is 6.28. The Labute approximate surface area is 160 Å². The number of ether oxygens (including phenoxy) is 1. The number of hydrogen-bond donors (Lipinski definition) is 2. The highest BCUT2D eigenvalue weighted by atomic mass is 19.4. The van der Waals surface area contributed by atoms with Crippen molar-refractivity contribution >= 4 is 23.1 Å². The molecule has 2 aromatic rings. The molecule has 2 aromatic carbocycles. The number of nitrogens with zero attached hydrogens (tertiary/aromatic N) is 1. The van der Waals surface area contributed by atoms with Crippen LogP contribution in [-0.4, -0.2) is 37.2 Å². The van der Waals surface area contributed by atoms with Crippen molar-refractivity contribution in [1.82, 2.24) is 4.90 Å². The van der Waals surface area contributed by atoms with E-state index in [-0.39, 0.29) is 5.69 Å². The van der Waals surface area contributed by atoms with Gasteiger partial charge in [-0.05, 0) is 35.9 Å². The lowest BCUT2D eigenvalue weighted by Gasteiger charge is -2.30. The third-order valence-electron chi connectivity index (χ3n) is 4.32. The molecule has 1 saturated heterocycles. The number of urea groups is 1. The summed E-state index contributed by atoms with van der Waals surface area (Å²) in [5.41, 5.74) is 1.55. The number of carbonyl (C=O) groups is 1. The summed E-state index contributed by atoms with van der Waals surface area (Å²) in [6.07, 6.45) is -4.47. The zero-order valence-electron chi connectivity index (χ0n) is 15.1. The Balaban J connectivity index is 1.59. The number of halogens is 3. The second kappa shape index (κ2) is 8.35. The smallest absolute Gasteiger partial charge is 0.378 e. The van der Waals surface area contributed by atoms with E-state index < -0.39 is 17.8 Å². The first kappa shape index (κ1) is 19.8. The van der Waals surface area contributed by atoms with Crippen LogP contribution in [0.25, 0.3) is 5.70 Å². The van der Waals surface area contributed by atoms with Crippen molar-refractivity contribution in [3.05, 3.63) is 66.2 Å². The molecule has 0 bridgehead atoms. The molecule has 5 nitrogen and oxygen atoms in total. The molecule has 3 rings (SSSR count). The molecular weight excluding hydrogens is 371 g/mol. The van der Waals surface area contributed by atoms with Crippen LogP contribution in [0.2, 0.25) is 0 Å². The maximum absolute atomic E-state index is 12.7. The SMILES string of the molecule is C=C(c1ccc(NC(=O)Nc2cccc(C(F)(F)F)c2)cc1)N1CCOCC1. The van der Waals surface area contributed by atoms with E-state index in [1.807, 2.05) is 12.1 Å². The number of benzene rings is 2. The molecular formula is C20H20F3N3O2. The van der Waals surface area contributed by atoms with Crippen LogP contribution in [0.5, 0.6) is 0 Å². The maximum atomic E-state index is 12.7. The highest BCUT2D eigenvalue weighted by Crippen LogP contribution is 2.30. The minimum absolute atomic E-state index is 0.0599. The highest BCUT2D eigenvalue weighted by Gasteiger charge is 2.30. The van der Waals surface area contributed by atoms with E-state index in [1.54, 1.807) is 12.1 Å². The van der Waals surface area contributed by atoms with Gasteiger partial charge in [0.05, 0.1) is 18.8 Å². The maximum Gasteiger partial charge on any atom is 0.416 e. The number of hydrogen-bond acceptors (Lipinski definition) is 3. The minimum atomic E-state index is -4.47. The molecule has 8 heteroatoms. The first-order valence-corrected chi connectivity index (χ1v) is 8.70. The van der Waals surface area contributed by atoms with Gasteiger partial charge < -0.3 is 20.3 Å². The van der Waals surface area contributed by atoms with Gasteiger partial charge in [-0.15, -0.1) is 0 Å². The van der Waals surface area contributed by atoms with E-state index in [0.717, 1.165) is 36.5 Å². The predicted molar refractivity (Wildman–Crippen MR) is 102 cm³/mol. The van der Waals surface area contributed by atoms with Crippen molar-refractivity contribution in [1.29, 1.82) is 0 Å². The fourth-order valence-corrected chi connectivity index (χ4v) is 2.83. The Morgan fingerprint density at radius 1 is 1.00 bits per heavy atom. The van der Waals surface area contributed by atoms with Gasteiger partial charge >= 0.3 is 12.2 Å². The first-order chi connectivity index (χ1) is 13.3. The Bertz CT molecular complexity index is 845. The number of amides is 2. The zero-order valence-corrected chi connectivity index (χ0v) is 15.1. The normalized spacial score (nSPS) is 14.5. The number of carbonyl (C=O) groups excluding carboxylic acids is 1. The first-order valence-electron chi connectivity index (χ1n) is 8.70. The lowest BCUT2D eigenvalue weighted by atomic mass is 10.1. The number of anilines is 2. The summed E-state index contributed by atoms with van der Waals surface area (Å²) in [5, 5.41) is 5.00. The summed E-state index contributed by atoms with van der Waals surface area (Å²) >= 11 is 0. The molecule has 148 valence electrons. The molecule has 28 heavy (non-hydrogen) atoms. The number of nitrogens with one attached hydrogen (secondary N) is 2. The number of morpholine rings is 1. The molecule has 0 atom stereocenters. The molecule has 0 saturated carbocycles. The van der Waals surface area contributed by atoms with E-state index in [4.69, 9.17) is 4.74 Å². The van der Waals surface area contributed by atoms with Gasteiger partial charge in [-0.2, -0.15) is 13.2 Å². The van der Waals surface area contributed by atoms with Crippen molar-refractivity contribution in [2.75, 3.05) is 36.9 Å². The molecule has 1 heterocycles. The number of alkyl halides is 3. The van der Waals surface area contributed by atoms with Crippen LogP contribution in [0.15, 0.2) is 55.1 Å². The van der Waals surface area contributed by atoms with Crippen LogP contribution in [0.1, 0.15) is 11.1 Å². The summed E-state index contributed by atoms with van der Waals surface area (Å²) in [6.45, 7) is 6.98. The molecule has 0 spiro atoms. The van der Waals surface area contributed by atoms with E-state index in [1.165, 1.54) is 12.1 Å². The summed E-state index contributed by atoms with van der Waals surface area (Å²) in [7, 11) is 0. The molecule has 1 fully saturated rings. The molecule has 0 aromatic heterocycles. The molecule has 2 amide bonds. The molecule has 0 radical (unpaired) electrons. The predicted octanol–water partition coefficient (Wildman–Crippen LogP) is 4.65. The Kier molecular flexibility index (Phi) is 5.89. The van der Waals surface area contributed by atoms with E-state index in [9.17, 15) is 18.0 Å². The Hall–Kier alpha value is -3.00. The molecule has 0 unspecified atom stereocenters. The second-order valence-electron chi connectivity index (χ2n) is 6.28. The summed E-state index contributed by atoms with van der Waals surface area (Å²) in [6, 6.07) is 10.9. The summed E-state index contributed by atoms with van der Waals surface area (Å²) in [5.74, 6) is 0. The van der Waals surface area contributed by atoms with Gasteiger partial charge in [0.25, 0.3) is 0 Å². The lowest BCUT2D eigenvalue weighted by Crippen LogP contribution is -2.34. The number of rotatable bonds is 4. The van der Waals surface area contributed by atoms with Gasteiger partial charge in [0.15, 0.2) is 0 Å². The van der Waals surface area contributed by atoms with Gasteiger partial charge in [0, 0.05) is 30.2 Å². The fourth-order valence-electron chi connectivity index (χ4n) is 2.83. The largest absolute Gasteiger partial charge is 0.416 e. The monoisotopic (exact) mass is 391 g/mol. The molecule has 1 aliphatic heterocycles. The van der Waals surface area contributed by atoms with Gasteiger partial charge in [0.2, 0.25) is 0 Å².